The van der Waals surface area contributed by atoms with E-state index in [2.05, 4.69) is 67.3 Å². The lowest BCUT2D eigenvalue weighted by atomic mass is 10.0. The van der Waals surface area contributed by atoms with Crippen molar-refractivity contribution in [3.63, 3.8) is 0 Å². The number of hydrogen-bond acceptors (Lipinski definition) is 6. The first-order valence-electron chi connectivity index (χ1n) is 11.9. The van der Waals surface area contributed by atoms with Crippen LogP contribution in [0.25, 0.3) is 0 Å². The second-order valence-corrected chi connectivity index (χ2v) is 9.16. The van der Waals surface area contributed by atoms with Crippen LogP contribution < -0.4 is 0 Å². The van der Waals surface area contributed by atoms with Gasteiger partial charge in [-0.1, -0.05) is 48.7 Å². The molecule has 0 bridgehead atoms. The number of hydrogen-bond donors (Lipinski definition) is 0. The van der Waals surface area contributed by atoms with E-state index in [9.17, 15) is 0 Å². The van der Waals surface area contributed by atoms with E-state index in [0.29, 0.717) is 6.04 Å². The van der Waals surface area contributed by atoms with Gasteiger partial charge in [-0.3, -0.25) is 9.88 Å². The molecule has 1 aliphatic carbocycles. The SMILES string of the molecule is Cc1ccc([C@@H](c2nnnn2C2CCCC2)N(Cc2cccnc2)C[C@@H]2CCCO2)cc1. The fraction of sp³-hybridized carbons (Fsp3) is 0.520. The van der Waals surface area contributed by atoms with E-state index in [1.54, 1.807) is 0 Å². The second kappa shape index (κ2) is 9.88. The number of tetrazole rings is 1. The normalized spacial score (nSPS) is 20.2. The minimum absolute atomic E-state index is 0.0457. The summed E-state index contributed by atoms with van der Waals surface area (Å²) < 4.78 is 8.16. The van der Waals surface area contributed by atoms with Crippen LogP contribution in [0.5, 0.6) is 0 Å². The van der Waals surface area contributed by atoms with Crippen LogP contribution >= 0.6 is 0 Å². The summed E-state index contributed by atoms with van der Waals surface area (Å²) in [6.07, 6.45) is 11.0. The van der Waals surface area contributed by atoms with E-state index >= 15 is 0 Å². The highest BCUT2D eigenvalue weighted by atomic mass is 16.5. The molecule has 2 aromatic heterocycles. The van der Waals surface area contributed by atoms with Crippen LogP contribution in [0.4, 0.5) is 0 Å². The summed E-state index contributed by atoms with van der Waals surface area (Å²) in [4.78, 5) is 6.83. The van der Waals surface area contributed by atoms with Gasteiger partial charge in [0.2, 0.25) is 0 Å². The fourth-order valence-corrected chi connectivity index (χ4v) is 5.10. The Bertz CT molecular complexity index is 977. The Morgan fingerprint density at radius 3 is 2.66 bits per heavy atom. The minimum Gasteiger partial charge on any atom is -0.377 e. The lowest BCUT2D eigenvalue weighted by Crippen LogP contribution is -2.37. The Morgan fingerprint density at radius 1 is 1.09 bits per heavy atom. The number of aryl methyl sites for hydroxylation is 1. The van der Waals surface area contributed by atoms with Crippen molar-refractivity contribution in [2.24, 2.45) is 0 Å². The molecule has 0 unspecified atom stereocenters. The molecule has 2 atom stereocenters. The van der Waals surface area contributed by atoms with Gasteiger partial charge in [0, 0.05) is 32.1 Å². The van der Waals surface area contributed by atoms with Gasteiger partial charge in [0.05, 0.1) is 18.2 Å². The Hall–Kier alpha value is -2.64. The van der Waals surface area contributed by atoms with Gasteiger partial charge in [0.1, 0.15) is 0 Å². The number of nitrogens with zero attached hydrogens (tertiary/aromatic N) is 6. The highest BCUT2D eigenvalue weighted by Gasteiger charge is 2.33. The lowest BCUT2D eigenvalue weighted by Gasteiger charge is -2.33. The molecular formula is C25H32N6O. The zero-order valence-corrected chi connectivity index (χ0v) is 18.8. The molecule has 0 spiro atoms. The van der Waals surface area contributed by atoms with Gasteiger partial charge < -0.3 is 4.74 Å². The van der Waals surface area contributed by atoms with Crippen molar-refractivity contribution in [2.45, 2.75) is 70.2 Å². The highest BCUT2D eigenvalue weighted by molar-refractivity contribution is 5.29. The van der Waals surface area contributed by atoms with Gasteiger partial charge in [-0.25, -0.2) is 4.68 Å². The van der Waals surface area contributed by atoms with Crippen molar-refractivity contribution in [3.8, 4) is 0 Å². The first kappa shape index (κ1) is 21.2. The van der Waals surface area contributed by atoms with Crippen LogP contribution in [0.15, 0.2) is 48.8 Å². The smallest absolute Gasteiger partial charge is 0.173 e. The number of ether oxygens (including phenoxy) is 1. The van der Waals surface area contributed by atoms with E-state index in [-0.39, 0.29) is 12.1 Å². The summed E-state index contributed by atoms with van der Waals surface area (Å²) in [5, 5.41) is 13.2. The average Bonchev–Trinajstić information content (AvgIpc) is 3.59. The molecule has 2 aliphatic rings. The van der Waals surface area contributed by atoms with Gasteiger partial charge in [-0.15, -0.1) is 5.10 Å². The zero-order chi connectivity index (χ0) is 21.8. The molecule has 1 saturated carbocycles. The maximum atomic E-state index is 6.06. The quantitative estimate of drug-likeness (QED) is 0.530. The first-order valence-corrected chi connectivity index (χ1v) is 11.9. The molecule has 32 heavy (non-hydrogen) atoms. The molecule has 1 saturated heterocycles. The van der Waals surface area contributed by atoms with E-state index < -0.39 is 0 Å². The van der Waals surface area contributed by atoms with Crippen LogP contribution in [-0.2, 0) is 11.3 Å². The molecule has 0 amide bonds. The molecule has 5 rings (SSSR count). The summed E-state index contributed by atoms with van der Waals surface area (Å²) in [7, 11) is 0. The van der Waals surface area contributed by atoms with Gasteiger partial charge in [0.15, 0.2) is 5.82 Å². The molecule has 0 radical (unpaired) electrons. The minimum atomic E-state index is -0.0457. The number of aromatic nitrogens is 5. The zero-order valence-electron chi connectivity index (χ0n) is 18.8. The van der Waals surface area contributed by atoms with Crippen LogP contribution in [0.3, 0.4) is 0 Å². The van der Waals surface area contributed by atoms with E-state index in [1.807, 2.05) is 18.5 Å². The first-order chi connectivity index (χ1) is 15.8. The summed E-state index contributed by atoms with van der Waals surface area (Å²) in [5.74, 6) is 0.933. The predicted molar refractivity (Wildman–Crippen MR) is 122 cm³/mol. The summed E-state index contributed by atoms with van der Waals surface area (Å²) in [6, 6.07) is 13.3. The summed E-state index contributed by atoms with van der Waals surface area (Å²) in [5.41, 5.74) is 3.65. The summed E-state index contributed by atoms with van der Waals surface area (Å²) in [6.45, 7) is 4.58. The Labute approximate surface area is 189 Å². The summed E-state index contributed by atoms with van der Waals surface area (Å²) >= 11 is 0. The predicted octanol–water partition coefficient (Wildman–Crippen LogP) is 4.26. The van der Waals surface area contributed by atoms with Crippen LogP contribution in [0.2, 0.25) is 0 Å². The molecule has 0 N–H and O–H groups in total. The van der Waals surface area contributed by atoms with Crippen molar-refractivity contribution < 1.29 is 4.74 Å². The van der Waals surface area contributed by atoms with Crippen molar-refractivity contribution in [2.75, 3.05) is 13.2 Å². The van der Waals surface area contributed by atoms with Crippen molar-refractivity contribution in [1.82, 2.24) is 30.1 Å². The number of rotatable bonds is 8. The monoisotopic (exact) mass is 432 g/mol. The molecule has 7 nitrogen and oxygen atoms in total. The molecule has 3 heterocycles. The third kappa shape index (κ3) is 4.74. The molecule has 168 valence electrons. The maximum absolute atomic E-state index is 6.06. The largest absolute Gasteiger partial charge is 0.377 e. The van der Waals surface area contributed by atoms with Gasteiger partial charge >= 0.3 is 0 Å². The lowest BCUT2D eigenvalue weighted by molar-refractivity contribution is 0.0571. The topological polar surface area (TPSA) is 69.0 Å². The molecular weight excluding hydrogens is 400 g/mol. The molecule has 2 fully saturated rings. The van der Waals surface area contributed by atoms with Crippen molar-refractivity contribution in [3.05, 3.63) is 71.3 Å². The standard InChI is InChI=1S/C25H32N6O/c1-19-10-12-21(13-11-19)24(25-27-28-29-31(25)22-7-2-3-8-22)30(18-23-9-5-15-32-23)17-20-6-4-14-26-16-20/h4,6,10-14,16,22-24H,2-3,5,7-9,15,17-18H2,1H3/t23-,24-/m0/s1. The van der Waals surface area contributed by atoms with Crippen molar-refractivity contribution >= 4 is 0 Å². The van der Waals surface area contributed by atoms with Crippen molar-refractivity contribution in [1.29, 1.82) is 0 Å². The fourth-order valence-electron chi connectivity index (χ4n) is 5.10. The van der Waals surface area contributed by atoms with E-state index in [0.717, 1.165) is 51.2 Å². The van der Waals surface area contributed by atoms with Gasteiger partial charge in [0.25, 0.3) is 0 Å². The third-order valence-corrected chi connectivity index (χ3v) is 6.76. The van der Waals surface area contributed by atoms with Gasteiger partial charge in [-0.05, 0) is 60.2 Å². The number of benzene rings is 1. The molecule has 3 aromatic rings. The Balaban J connectivity index is 1.55. The van der Waals surface area contributed by atoms with Gasteiger partial charge in [-0.2, -0.15) is 0 Å². The van der Waals surface area contributed by atoms with Crippen LogP contribution in [-0.4, -0.2) is 49.3 Å². The highest BCUT2D eigenvalue weighted by Crippen LogP contribution is 2.35. The number of pyridine rings is 1. The molecule has 1 aliphatic heterocycles. The average molecular weight is 433 g/mol. The molecule has 1 aromatic carbocycles. The van der Waals surface area contributed by atoms with E-state index in [4.69, 9.17) is 4.74 Å². The van der Waals surface area contributed by atoms with E-state index in [1.165, 1.54) is 29.5 Å². The van der Waals surface area contributed by atoms with Crippen LogP contribution in [0, 0.1) is 6.92 Å². The second-order valence-electron chi connectivity index (χ2n) is 9.16. The maximum Gasteiger partial charge on any atom is 0.173 e. The van der Waals surface area contributed by atoms with Crippen LogP contribution in [0.1, 0.15) is 73.1 Å². The Kier molecular flexibility index (Phi) is 6.55. The molecule has 7 heteroatoms. The Morgan fingerprint density at radius 2 is 1.94 bits per heavy atom. The third-order valence-electron chi connectivity index (χ3n) is 6.76.